The largest absolute Gasteiger partial charge is 0.362 e. The third kappa shape index (κ3) is 3.48. The lowest BCUT2D eigenvalue weighted by atomic mass is 10.0. The molecule has 29 heavy (non-hydrogen) atoms. The highest BCUT2D eigenvalue weighted by molar-refractivity contribution is 6.07. The van der Waals surface area contributed by atoms with Gasteiger partial charge in [0.05, 0.1) is 16.6 Å². The van der Waals surface area contributed by atoms with E-state index in [0.29, 0.717) is 37.4 Å². The summed E-state index contributed by atoms with van der Waals surface area (Å²) in [6.45, 7) is 1.92. The molecule has 0 bridgehead atoms. The van der Waals surface area contributed by atoms with Gasteiger partial charge in [-0.15, -0.1) is 0 Å². The van der Waals surface area contributed by atoms with Crippen molar-refractivity contribution in [2.45, 2.75) is 0 Å². The molecule has 0 radical (unpaired) electrons. The van der Waals surface area contributed by atoms with Gasteiger partial charge < -0.3 is 9.80 Å². The number of hydrogen-bond acceptors (Lipinski definition) is 5. The molecule has 0 unspecified atom stereocenters. The minimum Gasteiger partial charge on any atom is -0.362 e. The van der Waals surface area contributed by atoms with Crippen LogP contribution in [0.4, 0.5) is 11.4 Å². The fourth-order valence-corrected chi connectivity index (χ4v) is 3.74. The van der Waals surface area contributed by atoms with E-state index in [-0.39, 0.29) is 17.2 Å². The molecule has 0 aromatic heterocycles. The Morgan fingerprint density at radius 3 is 2.45 bits per heavy atom. The van der Waals surface area contributed by atoms with Gasteiger partial charge in [0, 0.05) is 37.8 Å². The zero-order valence-corrected chi connectivity index (χ0v) is 15.6. The first-order valence-electron chi connectivity index (χ1n) is 9.29. The summed E-state index contributed by atoms with van der Waals surface area (Å²) in [4.78, 5) is 27.7. The van der Waals surface area contributed by atoms with Crippen LogP contribution in [0.5, 0.6) is 0 Å². The summed E-state index contributed by atoms with van der Waals surface area (Å²) >= 11 is 0. The molecular formula is C22H18N4O3. The molecule has 3 aromatic carbocycles. The number of benzene rings is 3. The fourth-order valence-electron chi connectivity index (χ4n) is 3.74. The summed E-state index contributed by atoms with van der Waals surface area (Å²) < 4.78 is 0. The summed E-state index contributed by atoms with van der Waals surface area (Å²) in [5.74, 6) is -0.0317. The Morgan fingerprint density at radius 1 is 1.00 bits per heavy atom. The summed E-state index contributed by atoms with van der Waals surface area (Å²) in [5, 5.41) is 22.4. The third-order valence-electron chi connectivity index (χ3n) is 5.23. The molecule has 0 saturated carbocycles. The van der Waals surface area contributed by atoms with Gasteiger partial charge in [0.1, 0.15) is 5.69 Å². The summed E-state index contributed by atoms with van der Waals surface area (Å²) in [6, 6.07) is 19.9. The van der Waals surface area contributed by atoms with E-state index in [4.69, 9.17) is 5.26 Å². The van der Waals surface area contributed by atoms with Crippen molar-refractivity contribution in [3.8, 4) is 6.07 Å². The van der Waals surface area contributed by atoms with Crippen LogP contribution in [0.25, 0.3) is 10.8 Å². The first kappa shape index (κ1) is 18.4. The second kappa shape index (κ2) is 7.60. The zero-order chi connectivity index (χ0) is 20.4. The van der Waals surface area contributed by atoms with Gasteiger partial charge in [-0.25, -0.2) is 0 Å². The van der Waals surface area contributed by atoms with Crippen LogP contribution in [-0.2, 0) is 0 Å². The first-order valence-corrected chi connectivity index (χ1v) is 9.29. The van der Waals surface area contributed by atoms with Crippen molar-refractivity contribution in [2.75, 3.05) is 31.1 Å². The van der Waals surface area contributed by atoms with Gasteiger partial charge in [-0.3, -0.25) is 14.9 Å². The van der Waals surface area contributed by atoms with Crippen LogP contribution >= 0.6 is 0 Å². The van der Waals surface area contributed by atoms with Crippen LogP contribution < -0.4 is 4.90 Å². The number of rotatable bonds is 3. The highest BCUT2D eigenvalue weighted by Crippen LogP contribution is 2.30. The average molecular weight is 386 g/mol. The van der Waals surface area contributed by atoms with Crippen molar-refractivity contribution in [3.63, 3.8) is 0 Å². The Morgan fingerprint density at radius 2 is 1.72 bits per heavy atom. The van der Waals surface area contributed by atoms with Gasteiger partial charge in [-0.1, -0.05) is 36.4 Å². The lowest BCUT2D eigenvalue weighted by Crippen LogP contribution is -2.49. The van der Waals surface area contributed by atoms with Crippen LogP contribution in [-0.4, -0.2) is 41.9 Å². The molecule has 4 rings (SSSR count). The summed E-state index contributed by atoms with van der Waals surface area (Å²) in [5.41, 5.74) is 1.32. The van der Waals surface area contributed by atoms with Gasteiger partial charge in [0.15, 0.2) is 0 Å². The Hall–Kier alpha value is -3.92. The van der Waals surface area contributed by atoms with E-state index in [1.807, 2.05) is 53.4 Å². The maximum absolute atomic E-state index is 13.1. The number of nitro groups is 1. The molecule has 0 spiro atoms. The molecule has 1 aliphatic rings. The standard InChI is InChI=1S/C22H18N4O3/c23-15-16-8-9-20(21(14-16)26(28)29)24-10-12-25(13-11-24)22(27)19-7-3-5-17-4-1-2-6-18(17)19/h1-9,14H,10-13H2. The van der Waals surface area contributed by atoms with Gasteiger partial charge in [0.25, 0.3) is 11.6 Å². The van der Waals surface area contributed by atoms with Crippen LogP contribution in [0.3, 0.4) is 0 Å². The van der Waals surface area contributed by atoms with Crippen LogP contribution in [0.2, 0.25) is 0 Å². The van der Waals surface area contributed by atoms with Crippen LogP contribution in [0.1, 0.15) is 15.9 Å². The molecule has 1 aliphatic heterocycles. The number of amides is 1. The van der Waals surface area contributed by atoms with E-state index in [2.05, 4.69) is 0 Å². The van der Waals surface area contributed by atoms with Gasteiger partial charge in [-0.05, 0) is 29.0 Å². The van der Waals surface area contributed by atoms with Gasteiger partial charge >= 0.3 is 0 Å². The number of nitrogens with zero attached hydrogens (tertiary/aromatic N) is 4. The van der Waals surface area contributed by atoms with Crippen molar-refractivity contribution in [1.82, 2.24) is 4.90 Å². The Labute approximate surface area is 167 Å². The van der Waals surface area contributed by atoms with Crippen LogP contribution in [0, 0.1) is 21.4 Å². The third-order valence-corrected chi connectivity index (χ3v) is 5.23. The second-order valence-corrected chi connectivity index (χ2v) is 6.88. The minimum absolute atomic E-state index is 0.0317. The predicted molar refractivity (Wildman–Crippen MR) is 110 cm³/mol. The molecule has 7 nitrogen and oxygen atoms in total. The highest BCUT2D eigenvalue weighted by atomic mass is 16.6. The van der Waals surface area contributed by atoms with E-state index in [1.165, 1.54) is 6.07 Å². The molecule has 1 fully saturated rings. The molecule has 0 atom stereocenters. The zero-order valence-electron chi connectivity index (χ0n) is 15.6. The molecule has 144 valence electrons. The Kier molecular flexibility index (Phi) is 4.83. The monoisotopic (exact) mass is 386 g/mol. The number of carbonyl (C=O) groups is 1. The van der Waals surface area contributed by atoms with Crippen molar-refractivity contribution < 1.29 is 9.72 Å². The highest BCUT2D eigenvalue weighted by Gasteiger charge is 2.27. The van der Waals surface area contributed by atoms with Gasteiger partial charge in [-0.2, -0.15) is 5.26 Å². The number of hydrogen-bond donors (Lipinski definition) is 0. The lowest BCUT2D eigenvalue weighted by molar-refractivity contribution is -0.384. The predicted octanol–water partition coefficient (Wildman–Crippen LogP) is 3.58. The molecule has 0 aliphatic carbocycles. The second-order valence-electron chi connectivity index (χ2n) is 6.88. The molecule has 1 amide bonds. The molecule has 0 N–H and O–H groups in total. The topological polar surface area (TPSA) is 90.5 Å². The Balaban J connectivity index is 1.54. The lowest BCUT2D eigenvalue weighted by Gasteiger charge is -2.36. The van der Waals surface area contributed by atoms with Crippen molar-refractivity contribution in [1.29, 1.82) is 5.26 Å². The average Bonchev–Trinajstić information content (AvgIpc) is 2.78. The summed E-state index contributed by atoms with van der Waals surface area (Å²) in [7, 11) is 0. The van der Waals surface area contributed by atoms with Crippen molar-refractivity contribution in [2.24, 2.45) is 0 Å². The number of carbonyl (C=O) groups excluding carboxylic acids is 1. The van der Waals surface area contributed by atoms with E-state index in [0.717, 1.165) is 10.8 Å². The van der Waals surface area contributed by atoms with E-state index in [9.17, 15) is 14.9 Å². The molecule has 3 aromatic rings. The number of nitriles is 1. The first-order chi connectivity index (χ1) is 14.1. The van der Waals surface area contributed by atoms with E-state index in [1.54, 1.807) is 17.0 Å². The molecule has 1 saturated heterocycles. The number of fused-ring (bicyclic) bond motifs is 1. The molecular weight excluding hydrogens is 368 g/mol. The summed E-state index contributed by atoms with van der Waals surface area (Å²) in [6.07, 6.45) is 0. The van der Waals surface area contributed by atoms with E-state index < -0.39 is 4.92 Å². The Bertz CT molecular complexity index is 1140. The maximum atomic E-state index is 13.1. The number of anilines is 1. The molecule has 7 heteroatoms. The fraction of sp³-hybridized carbons (Fsp3) is 0.182. The molecule has 1 heterocycles. The smallest absolute Gasteiger partial charge is 0.293 e. The van der Waals surface area contributed by atoms with Crippen LogP contribution in [0.15, 0.2) is 60.7 Å². The maximum Gasteiger partial charge on any atom is 0.293 e. The minimum atomic E-state index is -0.468. The van der Waals surface area contributed by atoms with E-state index >= 15 is 0 Å². The quantitative estimate of drug-likeness (QED) is 0.507. The number of nitro benzene ring substituents is 1. The van der Waals surface area contributed by atoms with Crippen molar-refractivity contribution >= 4 is 28.1 Å². The normalized spacial score (nSPS) is 13.9. The number of piperazine rings is 1. The SMILES string of the molecule is N#Cc1ccc(N2CCN(C(=O)c3cccc4ccccc34)CC2)c([N+](=O)[O-])c1. The van der Waals surface area contributed by atoms with Gasteiger partial charge in [0.2, 0.25) is 0 Å². The van der Waals surface area contributed by atoms with Crippen molar-refractivity contribution in [3.05, 3.63) is 81.9 Å².